The molecule has 0 bridgehead atoms. The summed E-state index contributed by atoms with van der Waals surface area (Å²) in [4.78, 5) is 9.12. The summed E-state index contributed by atoms with van der Waals surface area (Å²) in [5.41, 5.74) is 4.63. The van der Waals surface area contributed by atoms with Crippen LogP contribution in [0, 0.1) is 0 Å². The molecule has 0 aliphatic heterocycles. The van der Waals surface area contributed by atoms with E-state index in [-0.39, 0.29) is 24.0 Å². The zero-order valence-electron chi connectivity index (χ0n) is 17.1. The lowest BCUT2D eigenvalue weighted by molar-refractivity contribution is 0.195. The van der Waals surface area contributed by atoms with Crippen molar-refractivity contribution in [2.45, 2.75) is 26.4 Å². The fourth-order valence-corrected chi connectivity index (χ4v) is 3.02. The molecule has 2 aromatic carbocycles. The summed E-state index contributed by atoms with van der Waals surface area (Å²) in [6, 6.07) is 16.8. The Balaban J connectivity index is 0.00000300. The number of hydrogen-bond acceptors (Lipinski definition) is 3. The molecule has 2 N–H and O–H groups in total. The highest BCUT2D eigenvalue weighted by Crippen LogP contribution is 2.14. The zero-order valence-corrected chi connectivity index (χ0v) is 19.4. The van der Waals surface area contributed by atoms with Gasteiger partial charge in [-0.2, -0.15) is 0 Å². The molecular weight excluding hydrogens is 477 g/mol. The van der Waals surface area contributed by atoms with Crippen molar-refractivity contribution in [3.05, 3.63) is 66.0 Å². The minimum atomic E-state index is 0. The van der Waals surface area contributed by atoms with E-state index in [1.54, 1.807) is 7.11 Å². The zero-order chi connectivity index (χ0) is 19.6. The van der Waals surface area contributed by atoms with Crippen LogP contribution in [0.1, 0.15) is 24.5 Å². The van der Waals surface area contributed by atoms with Gasteiger partial charge >= 0.3 is 0 Å². The molecule has 0 radical (unpaired) electrons. The first-order chi connectivity index (χ1) is 13.8. The number of nitrogens with one attached hydrogen (secondary N) is 2. The summed E-state index contributed by atoms with van der Waals surface area (Å²) in [7, 11) is 1.72. The van der Waals surface area contributed by atoms with Gasteiger partial charge in [-0.05, 0) is 36.6 Å². The van der Waals surface area contributed by atoms with Gasteiger partial charge in [0.25, 0.3) is 0 Å². The van der Waals surface area contributed by atoms with Crippen LogP contribution in [0.5, 0.6) is 0 Å². The first-order valence-corrected chi connectivity index (χ1v) is 9.79. The van der Waals surface area contributed by atoms with Crippen LogP contribution in [0.25, 0.3) is 11.0 Å². The number of halogens is 1. The molecule has 0 spiro atoms. The van der Waals surface area contributed by atoms with E-state index >= 15 is 0 Å². The van der Waals surface area contributed by atoms with Crippen LogP contribution < -0.4 is 10.6 Å². The smallest absolute Gasteiger partial charge is 0.191 e. The van der Waals surface area contributed by atoms with E-state index in [4.69, 9.17) is 4.74 Å². The molecule has 0 amide bonds. The highest BCUT2D eigenvalue weighted by atomic mass is 127. The van der Waals surface area contributed by atoms with Crippen molar-refractivity contribution in [2.24, 2.45) is 4.99 Å². The van der Waals surface area contributed by atoms with Gasteiger partial charge in [0.15, 0.2) is 5.96 Å². The highest BCUT2D eigenvalue weighted by molar-refractivity contribution is 14.0. The number of hydrogen-bond donors (Lipinski definition) is 2. The van der Waals surface area contributed by atoms with Gasteiger partial charge in [0.05, 0.1) is 23.9 Å². The first-order valence-electron chi connectivity index (χ1n) is 9.79. The minimum Gasteiger partial charge on any atom is -0.385 e. The molecule has 1 heterocycles. The molecule has 0 fully saturated rings. The number of guanidine groups is 1. The normalized spacial score (nSPS) is 11.3. The maximum atomic E-state index is 5.08. The van der Waals surface area contributed by atoms with E-state index in [0.29, 0.717) is 6.54 Å². The molecule has 3 aromatic rings. The summed E-state index contributed by atoms with van der Waals surface area (Å²) in [6.07, 6.45) is 2.86. The Labute approximate surface area is 189 Å². The van der Waals surface area contributed by atoms with Gasteiger partial charge in [-0.3, -0.25) is 0 Å². The van der Waals surface area contributed by atoms with Gasteiger partial charge in [0.1, 0.15) is 0 Å². The van der Waals surface area contributed by atoms with E-state index in [2.05, 4.69) is 62.4 Å². The Hall–Kier alpha value is -2.13. The summed E-state index contributed by atoms with van der Waals surface area (Å²) in [5, 5.41) is 6.61. The number of para-hydroxylation sites is 2. The van der Waals surface area contributed by atoms with Crippen molar-refractivity contribution in [3.8, 4) is 0 Å². The molecule has 6 nitrogen and oxygen atoms in total. The lowest BCUT2D eigenvalue weighted by Gasteiger charge is -2.11. The van der Waals surface area contributed by atoms with Crippen molar-refractivity contribution < 1.29 is 4.74 Å². The molecule has 0 unspecified atom stereocenters. The van der Waals surface area contributed by atoms with Gasteiger partial charge in [0, 0.05) is 33.4 Å². The molecule has 29 heavy (non-hydrogen) atoms. The number of benzene rings is 2. The minimum absolute atomic E-state index is 0. The van der Waals surface area contributed by atoms with Gasteiger partial charge < -0.3 is 19.9 Å². The number of methoxy groups -OCH3 is 1. The number of fused-ring (bicyclic) bond motifs is 1. The Morgan fingerprint density at radius 1 is 1.07 bits per heavy atom. The van der Waals surface area contributed by atoms with E-state index in [0.717, 1.165) is 49.7 Å². The van der Waals surface area contributed by atoms with Crippen molar-refractivity contribution in [1.82, 2.24) is 20.2 Å². The SMILES string of the molecule is CCNC(=NCc1ccc(Cn2cnc3ccccc32)cc1)NCCCOC.I. The number of nitrogens with zero attached hydrogens (tertiary/aromatic N) is 3. The topological polar surface area (TPSA) is 63.5 Å². The monoisotopic (exact) mass is 507 g/mol. The van der Waals surface area contributed by atoms with Crippen molar-refractivity contribution >= 4 is 41.0 Å². The van der Waals surface area contributed by atoms with Gasteiger partial charge in [-0.15, -0.1) is 24.0 Å². The van der Waals surface area contributed by atoms with E-state index in [1.165, 1.54) is 11.1 Å². The van der Waals surface area contributed by atoms with Crippen LogP contribution in [0.3, 0.4) is 0 Å². The van der Waals surface area contributed by atoms with Gasteiger partial charge in [0.2, 0.25) is 0 Å². The molecule has 0 aliphatic carbocycles. The van der Waals surface area contributed by atoms with Crippen LogP contribution in [-0.2, 0) is 17.8 Å². The number of aliphatic imine (C=N–C) groups is 1. The Morgan fingerprint density at radius 3 is 2.59 bits per heavy atom. The van der Waals surface area contributed by atoms with E-state index in [1.807, 2.05) is 24.5 Å². The fraction of sp³-hybridized carbons (Fsp3) is 0.364. The number of ether oxygens (including phenoxy) is 1. The largest absolute Gasteiger partial charge is 0.385 e. The third-order valence-electron chi connectivity index (χ3n) is 4.48. The standard InChI is InChI=1S/C22H29N5O.HI/c1-3-23-22(24-13-6-14-28-2)25-15-18-9-11-19(12-10-18)16-27-17-26-20-7-4-5-8-21(20)27;/h4-5,7-12,17H,3,6,13-16H2,1-2H3,(H2,23,24,25);1H. The molecule has 156 valence electrons. The van der Waals surface area contributed by atoms with Gasteiger partial charge in [-0.25, -0.2) is 9.98 Å². The average molecular weight is 507 g/mol. The number of rotatable bonds is 9. The lowest BCUT2D eigenvalue weighted by Crippen LogP contribution is -2.38. The Bertz CT molecular complexity index is 892. The number of aromatic nitrogens is 2. The second-order valence-corrected chi connectivity index (χ2v) is 6.65. The summed E-state index contributed by atoms with van der Waals surface area (Å²) in [6.45, 7) is 5.97. The maximum Gasteiger partial charge on any atom is 0.191 e. The van der Waals surface area contributed by atoms with Gasteiger partial charge in [-0.1, -0.05) is 36.4 Å². The van der Waals surface area contributed by atoms with Crippen LogP contribution >= 0.6 is 24.0 Å². The fourth-order valence-electron chi connectivity index (χ4n) is 3.02. The van der Waals surface area contributed by atoms with E-state index < -0.39 is 0 Å². The average Bonchev–Trinajstić information content (AvgIpc) is 3.13. The second-order valence-electron chi connectivity index (χ2n) is 6.65. The predicted octanol–water partition coefficient (Wildman–Crippen LogP) is 3.79. The third kappa shape index (κ3) is 7.01. The predicted molar refractivity (Wildman–Crippen MR) is 130 cm³/mol. The molecule has 0 aliphatic rings. The first kappa shape index (κ1) is 23.2. The second kappa shape index (κ2) is 12.4. The van der Waals surface area contributed by atoms with Crippen LogP contribution in [0.4, 0.5) is 0 Å². The summed E-state index contributed by atoms with van der Waals surface area (Å²) >= 11 is 0. The van der Waals surface area contributed by atoms with Crippen LogP contribution in [0.2, 0.25) is 0 Å². The summed E-state index contributed by atoms with van der Waals surface area (Å²) < 4.78 is 7.26. The van der Waals surface area contributed by atoms with Crippen molar-refractivity contribution in [2.75, 3.05) is 26.8 Å². The molecule has 0 saturated carbocycles. The van der Waals surface area contributed by atoms with Crippen molar-refractivity contribution in [3.63, 3.8) is 0 Å². The highest BCUT2D eigenvalue weighted by Gasteiger charge is 2.03. The van der Waals surface area contributed by atoms with E-state index in [9.17, 15) is 0 Å². The lowest BCUT2D eigenvalue weighted by atomic mass is 10.1. The summed E-state index contributed by atoms with van der Waals surface area (Å²) in [5.74, 6) is 0.840. The molecule has 7 heteroatoms. The molecule has 3 rings (SSSR count). The Kier molecular flexibility index (Phi) is 9.93. The maximum absolute atomic E-state index is 5.08. The van der Waals surface area contributed by atoms with Crippen LogP contribution in [-0.4, -0.2) is 42.3 Å². The Morgan fingerprint density at radius 2 is 1.83 bits per heavy atom. The molecule has 0 atom stereocenters. The third-order valence-corrected chi connectivity index (χ3v) is 4.48. The molecule has 1 aromatic heterocycles. The van der Waals surface area contributed by atoms with Crippen molar-refractivity contribution in [1.29, 1.82) is 0 Å². The molecular formula is C22H30IN5O. The quantitative estimate of drug-likeness (QED) is 0.200. The molecule has 0 saturated heterocycles. The number of imidazole rings is 1. The van der Waals surface area contributed by atoms with Crippen LogP contribution in [0.15, 0.2) is 59.9 Å².